The molecule has 0 aliphatic heterocycles. The number of carboxylic acids is 1. The minimum Gasteiger partial charge on any atom is -0.475 e. The predicted molar refractivity (Wildman–Crippen MR) is 78.3 cm³/mol. The van der Waals surface area contributed by atoms with Crippen molar-refractivity contribution in [1.29, 1.82) is 0 Å². The van der Waals surface area contributed by atoms with E-state index < -0.39 is 5.97 Å². The molecular weight excluding hydrogens is 378 g/mol. The molecule has 0 atom stereocenters. The zero-order valence-electron chi connectivity index (χ0n) is 10.1. The fourth-order valence-electron chi connectivity index (χ4n) is 1.70. The summed E-state index contributed by atoms with van der Waals surface area (Å²) < 4.78 is 7.09. The third-order valence-corrected chi connectivity index (χ3v) is 3.69. The molecule has 0 amide bonds. The van der Waals surface area contributed by atoms with Gasteiger partial charge in [0.05, 0.1) is 11.3 Å². The normalized spacial score (nSPS) is 10.7. The molecule has 0 bridgehead atoms. The first-order chi connectivity index (χ1) is 9.02. The lowest BCUT2D eigenvalue weighted by atomic mass is 10.2. The van der Waals surface area contributed by atoms with Crippen LogP contribution in [0.25, 0.3) is 11.5 Å². The van der Waals surface area contributed by atoms with E-state index >= 15 is 0 Å². The highest BCUT2D eigenvalue weighted by atomic mass is 79.9. The lowest BCUT2D eigenvalue weighted by Crippen LogP contribution is -1.99. The van der Waals surface area contributed by atoms with E-state index in [1.165, 1.54) is 0 Å². The fourth-order valence-corrected chi connectivity index (χ4v) is 2.92. The number of carbonyl (C=O) groups is 1. The van der Waals surface area contributed by atoms with Crippen molar-refractivity contribution in [2.75, 3.05) is 0 Å². The summed E-state index contributed by atoms with van der Waals surface area (Å²) in [4.78, 5) is 15.4. The van der Waals surface area contributed by atoms with Gasteiger partial charge in [0.2, 0.25) is 11.7 Å². The van der Waals surface area contributed by atoms with Crippen molar-refractivity contribution < 1.29 is 14.3 Å². The van der Waals surface area contributed by atoms with Crippen LogP contribution in [-0.4, -0.2) is 16.1 Å². The molecule has 0 aliphatic rings. The molecule has 0 spiro atoms. The molecule has 100 valence electrons. The minimum absolute atomic E-state index is 0.0772. The minimum atomic E-state index is -1.09. The molecule has 0 saturated heterocycles. The number of carboxylic acid groups (broad SMARTS) is 1. The van der Waals surface area contributed by atoms with Crippen LogP contribution >= 0.6 is 31.9 Å². The Hall–Kier alpha value is -1.14. The zero-order valence-corrected chi connectivity index (χ0v) is 13.3. The van der Waals surface area contributed by atoms with Gasteiger partial charge in [0, 0.05) is 8.95 Å². The summed E-state index contributed by atoms with van der Waals surface area (Å²) in [5.74, 6) is -0.845. The van der Waals surface area contributed by atoms with Crippen LogP contribution in [0.2, 0.25) is 0 Å². The van der Waals surface area contributed by atoms with Crippen molar-refractivity contribution in [3.63, 3.8) is 0 Å². The smallest absolute Gasteiger partial charge is 0.373 e. The summed E-state index contributed by atoms with van der Waals surface area (Å²) in [5.41, 5.74) is 1.22. The molecule has 0 fully saturated rings. The third-order valence-electron chi connectivity index (χ3n) is 2.54. The van der Waals surface area contributed by atoms with Crippen molar-refractivity contribution in [3.05, 3.63) is 38.6 Å². The van der Waals surface area contributed by atoms with Crippen LogP contribution in [0.1, 0.15) is 29.6 Å². The summed E-state index contributed by atoms with van der Waals surface area (Å²) in [5, 5.41) is 9.11. The van der Waals surface area contributed by atoms with Gasteiger partial charge in [-0.05, 0) is 40.5 Å². The Bertz CT molecular complexity index is 622. The Labute approximate surface area is 127 Å². The van der Waals surface area contributed by atoms with Gasteiger partial charge in [-0.2, -0.15) is 0 Å². The fraction of sp³-hybridized carbons (Fsp3) is 0.231. The Morgan fingerprint density at radius 1 is 1.42 bits per heavy atom. The highest BCUT2D eigenvalue weighted by Crippen LogP contribution is 2.31. The lowest BCUT2D eigenvalue weighted by molar-refractivity contribution is 0.0661. The molecule has 0 aliphatic carbocycles. The molecule has 1 heterocycles. The van der Waals surface area contributed by atoms with Crippen molar-refractivity contribution in [2.45, 2.75) is 19.8 Å². The van der Waals surface area contributed by atoms with Crippen LogP contribution in [0, 0.1) is 0 Å². The topological polar surface area (TPSA) is 63.3 Å². The Balaban J connectivity index is 2.50. The highest BCUT2D eigenvalue weighted by Gasteiger charge is 2.20. The largest absolute Gasteiger partial charge is 0.475 e. The number of hydrogen-bond donors (Lipinski definition) is 1. The van der Waals surface area contributed by atoms with Gasteiger partial charge >= 0.3 is 5.97 Å². The number of rotatable bonds is 4. The maximum Gasteiger partial charge on any atom is 0.373 e. The average molecular weight is 389 g/mol. The second kappa shape index (κ2) is 5.88. The zero-order chi connectivity index (χ0) is 14.0. The van der Waals surface area contributed by atoms with Gasteiger partial charge in [-0.15, -0.1) is 0 Å². The van der Waals surface area contributed by atoms with E-state index in [0.717, 1.165) is 20.9 Å². The van der Waals surface area contributed by atoms with Gasteiger partial charge in [-0.25, -0.2) is 9.78 Å². The van der Waals surface area contributed by atoms with E-state index in [4.69, 9.17) is 9.52 Å². The lowest BCUT2D eigenvalue weighted by Gasteiger charge is -1.99. The monoisotopic (exact) mass is 387 g/mol. The number of aromatic carboxylic acids is 1. The molecule has 0 saturated carbocycles. The Kier molecular flexibility index (Phi) is 4.42. The first kappa shape index (κ1) is 14.3. The van der Waals surface area contributed by atoms with E-state index in [9.17, 15) is 4.79 Å². The summed E-state index contributed by atoms with van der Waals surface area (Å²) in [6, 6.07) is 5.53. The summed E-state index contributed by atoms with van der Waals surface area (Å²) in [6.45, 7) is 1.97. The Morgan fingerprint density at radius 3 is 2.74 bits per heavy atom. The van der Waals surface area contributed by atoms with Crippen molar-refractivity contribution in [1.82, 2.24) is 4.98 Å². The van der Waals surface area contributed by atoms with Gasteiger partial charge in [0.1, 0.15) is 0 Å². The molecule has 2 aromatic rings. The van der Waals surface area contributed by atoms with E-state index in [1.54, 1.807) is 0 Å². The van der Waals surface area contributed by atoms with Crippen LogP contribution in [0.15, 0.2) is 31.6 Å². The van der Waals surface area contributed by atoms with Gasteiger partial charge in [0.25, 0.3) is 0 Å². The summed E-state index contributed by atoms with van der Waals surface area (Å²) in [6.07, 6.45) is 1.40. The number of nitrogens with zero attached hydrogens (tertiary/aromatic N) is 1. The van der Waals surface area contributed by atoms with Crippen molar-refractivity contribution in [3.8, 4) is 11.5 Å². The average Bonchev–Trinajstić information content (AvgIpc) is 2.73. The van der Waals surface area contributed by atoms with E-state index in [1.807, 2.05) is 25.1 Å². The standard InChI is InChI=1S/C13H11Br2NO3/c1-2-3-10-11(13(17)18)19-12(16-10)8-5-4-7(14)6-9(8)15/h4-6H,2-3H2,1H3,(H,17,18). The number of aryl methyl sites for hydroxylation is 1. The van der Waals surface area contributed by atoms with Crippen LogP contribution < -0.4 is 0 Å². The van der Waals surface area contributed by atoms with E-state index in [0.29, 0.717) is 18.0 Å². The van der Waals surface area contributed by atoms with Crippen LogP contribution in [0.4, 0.5) is 0 Å². The molecular formula is C13H11Br2NO3. The van der Waals surface area contributed by atoms with Gasteiger partial charge in [0.15, 0.2) is 0 Å². The molecule has 6 heteroatoms. The van der Waals surface area contributed by atoms with E-state index in [-0.39, 0.29) is 5.76 Å². The highest BCUT2D eigenvalue weighted by molar-refractivity contribution is 9.11. The van der Waals surface area contributed by atoms with Gasteiger partial charge in [-0.3, -0.25) is 0 Å². The first-order valence-electron chi connectivity index (χ1n) is 5.71. The molecule has 19 heavy (non-hydrogen) atoms. The third kappa shape index (κ3) is 3.06. The quantitative estimate of drug-likeness (QED) is 0.836. The molecule has 0 unspecified atom stereocenters. The number of hydrogen-bond acceptors (Lipinski definition) is 3. The molecule has 1 aromatic heterocycles. The van der Waals surface area contributed by atoms with Crippen LogP contribution in [0.3, 0.4) is 0 Å². The Morgan fingerprint density at radius 2 is 2.16 bits per heavy atom. The summed E-state index contributed by atoms with van der Waals surface area (Å²) in [7, 11) is 0. The van der Waals surface area contributed by atoms with Crippen molar-refractivity contribution >= 4 is 37.8 Å². The molecule has 0 radical (unpaired) electrons. The van der Waals surface area contributed by atoms with Gasteiger partial charge < -0.3 is 9.52 Å². The second-order valence-corrected chi connectivity index (χ2v) is 5.74. The second-order valence-electron chi connectivity index (χ2n) is 3.97. The van der Waals surface area contributed by atoms with Crippen LogP contribution in [-0.2, 0) is 6.42 Å². The number of oxazole rings is 1. The molecule has 1 N–H and O–H groups in total. The number of benzene rings is 1. The maximum absolute atomic E-state index is 11.1. The SMILES string of the molecule is CCCc1nc(-c2ccc(Br)cc2Br)oc1C(=O)O. The first-order valence-corrected chi connectivity index (χ1v) is 7.30. The number of halogens is 2. The summed E-state index contributed by atoms with van der Waals surface area (Å²) >= 11 is 6.78. The maximum atomic E-state index is 11.1. The molecule has 1 aromatic carbocycles. The van der Waals surface area contributed by atoms with Crippen molar-refractivity contribution in [2.24, 2.45) is 0 Å². The predicted octanol–water partition coefficient (Wildman–Crippen LogP) is 4.52. The molecule has 2 rings (SSSR count). The van der Waals surface area contributed by atoms with Crippen LogP contribution in [0.5, 0.6) is 0 Å². The van der Waals surface area contributed by atoms with Gasteiger partial charge in [-0.1, -0.05) is 29.3 Å². The molecule has 4 nitrogen and oxygen atoms in total. The van der Waals surface area contributed by atoms with E-state index in [2.05, 4.69) is 36.8 Å². The number of aromatic nitrogens is 1.